The van der Waals surface area contributed by atoms with Gasteiger partial charge in [-0.25, -0.2) is 4.39 Å². The number of hydrogen-bond donors (Lipinski definition) is 1. The Morgan fingerprint density at radius 2 is 2.16 bits per heavy atom. The second kappa shape index (κ2) is 7.81. The summed E-state index contributed by atoms with van der Waals surface area (Å²) in [6, 6.07) is 6.69. The molecule has 7 heteroatoms. The predicted molar refractivity (Wildman–Crippen MR) is 90.8 cm³/mol. The van der Waals surface area contributed by atoms with Crippen LogP contribution >= 0.6 is 0 Å². The van der Waals surface area contributed by atoms with Crippen molar-refractivity contribution in [2.45, 2.75) is 20.4 Å². The summed E-state index contributed by atoms with van der Waals surface area (Å²) in [5, 5.41) is 11.8. The molecule has 0 saturated heterocycles. The Kier molecular flexibility index (Phi) is 5.78. The van der Waals surface area contributed by atoms with E-state index < -0.39 is 5.82 Å². The average molecular weight is 345 g/mol. The highest BCUT2D eigenvalue weighted by atomic mass is 19.1. The van der Waals surface area contributed by atoms with Crippen LogP contribution in [0, 0.1) is 31.0 Å². The molecule has 2 rings (SSSR count). The zero-order chi connectivity index (χ0) is 18.6. The number of ether oxygens (including phenoxy) is 1. The summed E-state index contributed by atoms with van der Waals surface area (Å²) in [6.07, 6.45) is 0. The number of carbonyl (C=O) groups excluding carboxylic acids is 1. The highest BCUT2D eigenvalue weighted by molar-refractivity contribution is 5.92. The van der Waals surface area contributed by atoms with Crippen LogP contribution in [0.1, 0.15) is 22.5 Å². The van der Waals surface area contributed by atoms with Crippen LogP contribution in [0.3, 0.4) is 0 Å². The van der Waals surface area contributed by atoms with E-state index in [2.05, 4.69) is 5.32 Å². The average Bonchev–Trinajstić information content (AvgIpc) is 2.80. The number of carbonyl (C=O) groups is 1. The van der Waals surface area contributed by atoms with Crippen LogP contribution in [-0.2, 0) is 11.3 Å². The van der Waals surface area contributed by atoms with Gasteiger partial charge in [-0.1, -0.05) is 6.07 Å². The van der Waals surface area contributed by atoms with Crippen LogP contribution < -0.4 is 10.1 Å². The molecule has 6 nitrogen and oxygen atoms in total. The number of methoxy groups -OCH3 is 1. The number of aryl methyl sites for hydroxylation is 1. The molecule has 0 bridgehead atoms. The first kappa shape index (κ1) is 18.5. The van der Waals surface area contributed by atoms with E-state index in [-0.39, 0.29) is 24.1 Å². The fraction of sp³-hybridized carbons (Fsp3) is 0.333. The van der Waals surface area contributed by atoms with E-state index >= 15 is 0 Å². The Hall–Kier alpha value is -2.85. The Bertz CT molecular complexity index is 824. The molecule has 1 amide bonds. The van der Waals surface area contributed by atoms with Gasteiger partial charge in [0.2, 0.25) is 11.8 Å². The van der Waals surface area contributed by atoms with Gasteiger partial charge in [-0.05, 0) is 38.6 Å². The van der Waals surface area contributed by atoms with Crippen LogP contribution in [0.15, 0.2) is 22.6 Å². The number of likely N-dealkylation sites (N-methyl/N-ethyl adjacent to an activating group) is 1. The fourth-order valence-electron chi connectivity index (χ4n) is 2.44. The summed E-state index contributed by atoms with van der Waals surface area (Å²) in [6.45, 7) is 3.94. The van der Waals surface area contributed by atoms with Gasteiger partial charge in [0.05, 0.1) is 13.7 Å². The summed E-state index contributed by atoms with van der Waals surface area (Å²) in [4.78, 5) is 13.9. The summed E-state index contributed by atoms with van der Waals surface area (Å²) < 4.78 is 24.0. The monoisotopic (exact) mass is 345 g/mol. The van der Waals surface area contributed by atoms with Gasteiger partial charge >= 0.3 is 0 Å². The van der Waals surface area contributed by atoms with Gasteiger partial charge in [-0.2, -0.15) is 5.26 Å². The molecule has 0 aliphatic heterocycles. The van der Waals surface area contributed by atoms with Crippen molar-refractivity contribution in [1.82, 2.24) is 4.90 Å². The third-order valence-electron chi connectivity index (χ3n) is 3.83. The normalized spacial score (nSPS) is 10.6. The molecular formula is C18H20FN3O3. The van der Waals surface area contributed by atoms with Crippen molar-refractivity contribution >= 4 is 11.8 Å². The molecular weight excluding hydrogens is 325 g/mol. The molecule has 1 aromatic heterocycles. The molecule has 0 saturated carbocycles. The van der Waals surface area contributed by atoms with Crippen molar-refractivity contribution in [1.29, 1.82) is 5.26 Å². The number of hydrogen-bond acceptors (Lipinski definition) is 5. The topological polar surface area (TPSA) is 78.5 Å². The maximum absolute atomic E-state index is 13.7. The van der Waals surface area contributed by atoms with Gasteiger partial charge < -0.3 is 9.15 Å². The quantitative estimate of drug-likeness (QED) is 0.871. The predicted octanol–water partition coefficient (Wildman–Crippen LogP) is 2.99. The maximum Gasteiger partial charge on any atom is 0.240 e. The van der Waals surface area contributed by atoms with Crippen molar-refractivity contribution < 1.29 is 18.3 Å². The third-order valence-corrected chi connectivity index (χ3v) is 3.83. The number of nitrogens with one attached hydrogen (secondary N) is 1. The summed E-state index contributed by atoms with van der Waals surface area (Å²) >= 11 is 0. The molecule has 0 spiro atoms. The number of anilines is 1. The minimum absolute atomic E-state index is 0.0668. The van der Waals surface area contributed by atoms with E-state index in [1.165, 1.54) is 13.2 Å². The van der Waals surface area contributed by atoms with E-state index in [0.717, 1.165) is 5.56 Å². The van der Waals surface area contributed by atoms with Crippen molar-refractivity contribution in [3.05, 3.63) is 46.5 Å². The number of nitriles is 1. The van der Waals surface area contributed by atoms with Gasteiger partial charge in [0.15, 0.2) is 11.6 Å². The lowest BCUT2D eigenvalue weighted by Crippen LogP contribution is -2.30. The molecule has 1 heterocycles. The molecule has 0 unspecified atom stereocenters. The molecule has 25 heavy (non-hydrogen) atoms. The number of rotatable bonds is 6. The smallest absolute Gasteiger partial charge is 0.240 e. The summed E-state index contributed by atoms with van der Waals surface area (Å²) in [7, 11) is 3.15. The maximum atomic E-state index is 13.7. The van der Waals surface area contributed by atoms with Crippen molar-refractivity contribution in [2.75, 3.05) is 26.0 Å². The second-order valence-corrected chi connectivity index (χ2v) is 5.79. The SMILES string of the molecule is COc1ccc(CN(C)CC(=O)Nc2oc(C)c(C)c2C#N)cc1F. The second-order valence-electron chi connectivity index (χ2n) is 5.79. The van der Waals surface area contributed by atoms with E-state index in [0.29, 0.717) is 23.4 Å². The van der Waals surface area contributed by atoms with Gasteiger partial charge in [0.25, 0.3) is 0 Å². The molecule has 0 atom stereocenters. The first-order chi connectivity index (χ1) is 11.8. The van der Waals surface area contributed by atoms with Crippen molar-refractivity contribution in [3.63, 3.8) is 0 Å². The van der Waals surface area contributed by atoms with Gasteiger partial charge in [-0.15, -0.1) is 0 Å². The van der Waals surface area contributed by atoms with E-state index in [4.69, 9.17) is 14.4 Å². The van der Waals surface area contributed by atoms with Crippen LogP contribution in [0.5, 0.6) is 5.75 Å². The van der Waals surface area contributed by atoms with E-state index in [9.17, 15) is 9.18 Å². The van der Waals surface area contributed by atoms with Crippen LogP contribution in [-0.4, -0.2) is 31.5 Å². The lowest BCUT2D eigenvalue weighted by molar-refractivity contribution is -0.117. The van der Waals surface area contributed by atoms with Crippen molar-refractivity contribution in [2.24, 2.45) is 0 Å². The number of nitrogens with zero attached hydrogens (tertiary/aromatic N) is 2. The molecule has 1 aromatic carbocycles. The molecule has 132 valence electrons. The van der Waals surface area contributed by atoms with Crippen LogP contribution in [0.25, 0.3) is 0 Å². The minimum Gasteiger partial charge on any atom is -0.494 e. The number of benzene rings is 1. The Morgan fingerprint density at radius 1 is 1.44 bits per heavy atom. The Morgan fingerprint density at radius 3 is 2.76 bits per heavy atom. The molecule has 1 N–H and O–H groups in total. The number of halogens is 1. The lowest BCUT2D eigenvalue weighted by Gasteiger charge is -2.16. The molecule has 2 aromatic rings. The highest BCUT2D eigenvalue weighted by Crippen LogP contribution is 2.25. The van der Waals surface area contributed by atoms with E-state index in [1.54, 1.807) is 37.9 Å². The summed E-state index contributed by atoms with van der Waals surface area (Å²) in [5.74, 6) is 0.164. The Labute approximate surface area is 145 Å². The molecule has 0 aliphatic rings. The molecule has 0 fully saturated rings. The van der Waals surface area contributed by atoms with Crippen molar-refractivity contribution in [3.8, 4) is 11.8 Å². The van der Waals surface area contributed by atoms with Gasteiger partial charge in [0.1, 0.15) is 17.4 Å². The zero-order valence-corrected chi connectivity index (χ0v) is 14.6. The van der Waals surface area contributed by atoms with Crippen LogP contribution in [0.4, 0.5) is 10.3 Å². The first-order valence-electron chi connectivity index (χ1n) is 7.66. The third kappa shape index (κ3) is 4.37. The summed E-state index contributed by atoms with van der Waals surface area (Å²) in [5.41, 5.74) is 1.75. The zero-order valence-electron chi connectivity index (χ0n) is 14.6. The van der Waals surface area contributed by atoms with Gasteiger partial charge in [-0.3, -0.25) is 15.0 Å². The molecule has 0 aliphatic carbocycles. The number of furan rings is 1. The largest absolute Gasteiger partial charge is 0.494 e. The standard InChI is InChI=1S/C18H20FN3O3/c1-11-12(2)25-18(14(11)8-20)21-17(23)10-22(3)9-13-5-6-16(24-4)15(19)7-13/h5-7H,9-10H2,1-4H3,(H,21,23). The Balaban J connectivity index is 1.98. The van der Waals surface area contributed by atoms with Gasteiger partial charge in [0, 0.05) is 12.1 Å². The minimum atomic E-state index is -0.446. The lowest BCUT2D eigenvalue weighted by atomic mass is 10.2. The number of amides is 1. The van der Waals surface area contributed by atoms with E-state index in [1.807, 2.05) is 6.07 Å². The highest BCUT2D eigenvalue weighted by Gasteiger charge is 2.17. The molecule has 0 radical (unpaired) electrons. The fourth-order valence-corrected chi connectivity index (χ4v) is 2.44. The first-order valence-corrected chi connectivity index (χ1v) is 7.66. The van der Waals surface area contributed by atoms with Crippen LogP contribution in [0.2, 0.25) is 0 Å².